The summed E-state index contributed by atoms with van der Waals surface area (Å²) in [6.45, 7) is 0. The largest absolute Gasteiger partial charge is 0.349 e. The minimum atomic E-state index is -0.0644. The number of amides is 1. The molecule has 82 valence electrons. The van der Waals surface area contributed by atoms with E-state index in [0.29, 0.717) is 10.9 Å². The van der Waals surface area contributed by atoms with Gasteiger partial charge < -0.3 is 11.1 Å². The van der Waals surface area contributed by atoms with E-state index in [-0.39, 0.29) is 11.9 Å². The Morgan fingerprint density at radius 3 is 2.80 bits per heavy atom. The van der Waals surface area contributed by atoms with Crippen molar-refractivity contribution in [1.29, 1.82) is 0 Å². The van der Waals surface area contributed by atoms with Crippen molar-refractivity contribution in [2.45, 2.75) is 37.8 Å². The Hall–Kier alpha value is -1.01. The van der Waals surface area contributed by atoms with Gasteiger partial charge in [-0.15, -0.1) is 5.10 Å². The summed E-state index contributed by atoms with van der Waals surface area (Å²) in [5.41, 5.74) is 5.79. The van der Waals surface area contributed by atoms with Crippen molar-refractivity contribution in [3.8, 4) is 0 Å². The predicted molar refractivity (Wildman–Crippen MR) is 57.6 cm³/mol. The van der Waals surface area contributed by atoms with Gasteiger partial charge in [-0.1, -0.05) is 4.49 Å². The second-order valence-electron chi connectivity index (χ2n) is 3.87. The second-order valence-corrected chi connectivity index (χ2v) is 4.65. The summed E-state index contributed by atoms with van der Waals surface area (Å²) < 4.78 is 3.66. The quantitative estimate of drug-likeness (QED) is 0.771. The van der Waals surface area contributed by atoms with Crippen LogP contribution in [0.25, 0.3) is 0 Å². The molecule has 0 bridgehead atoms. The van der Waals surface area contributed by atoms with Gasteiger partial charge in [-0.2, -0.15) is 0 Å². The monoisotopic (exact) mass is 226 g/mol. The molecule has 2 rings (SSSR count). The van der Waals surface area contributed by atoms with Crippen LogP contribution < -0.4 is 11.1 Å². The topological polar surface area (TPSA) is 80.9 Å². The molecule has 1 aromatic heterocycles. The molecule has 0 radical (unpaired) electrons. The van der Waals surface area contributed by atoms with E-state index in [2.05, 4.69) is 14.9 Å². The zero-order valence-corrected chi connectivity index (χ0v) is 9.17. The van der Waals surface area contributed by atoms with E-state index < -0.39 is 0 Å². The van der Waals surface area contributed by atoms with Crippen LogP contribution in [0.5, 0.6) is 0 Å². The molecule has 0 atom stereocenters. The average molecular weight is 226 g/mol. The highest BCUT2D eigenvalue weighted by Gasteiger charge is 2.21. The summed E-state index contributed by atoms with van der Waals surface area (Å²) >= 11 is 1.12. The van der Waals surface area contributed by atoms with E-state index in [0.717, 1.165) is 37.2 Å². The Morgan fingerprint density at radius 2 is 2.20 bits per heavy atom. The molecule has 0 saturated heterocycles. The zero-order chi connectivity index (χ0) is 10.7. The van der Waals surface area contributed by atoms with Gasteiger partial charge in [0.2, 0.25) is 0 Å². The molecule has 1 fully saturated rings. The Labute approximate surface area is 92.2 Å². The van der Waals surface area contributed by atoms with E-state index in [4.69, 9.17) is 5.73 Å². The zero-order valence-electron chi connectivity index (χ0n) is 8.35. The van der Waals surface area contributed by atoms with Crippen molar-refractivity contribution in [2.24, 2.45) is 5.73 Å². The van der Waals surface area contributed by atoms with Crippen molar-refractivity contribution in [3.05, 3.63) is 11.1 Å². The smallest absolute Gasteiger partial charge is 0.264 e. The molecule has 1 amide bonds. The molecule has 1 saturated carbocycles. The Bertz CT molecular complexity index is 319. The molecule has 0 aliphatic heterocycles. The third-order valence-corrected chi connectivity index (χ3v) is 3.36. The molecular formula is C9H14N4OS. The third kappa shape index (κ3) is 2.73. The minimum absolute atomic E-state index is 0.0644. The summed E-state index contributed by atoms with van der Waals surface area (Å²) in [4.78, 5) is 12.2. The van der Waals surface area contributed by atoms with Gasteiger partial charge in [0.25, 0.3) is 5.91 Å². The molecule has 15 heavy (non-hydrogen) atoms. The molecule has 1 heterocycles. The number of aromatic nitrogens is 2. The van der Waals surface area contributed by atoms with Crippen molar-refractivity contribution in [3.63, 3.8) is 0 Å². The summed E-state index contributed by atoms with van der Waals surface area (Å²) in [5, 5.41) is 6.61. The Balaban J connectivity index is 1.85. The van der Waals surface area contributed by atoms with Crippen molar-refractivity contribution < 1.29 is 4.79 Å². The first-order valence-corrected chi connectivity index (χ1v) is 5.87. The molecule has 0 aromatic carbocycles. The van der Waals surface area contributed by atoms with Gasteiger partial charge in [0.05, 0.1) is 6.20 Å². The van der Waals surface area contributed by atoms with E-state index >= 15 is 0 Å². The summed E-state index contributed by atoms with van der Waals surface area (Å²) in [6, 6.07) is 0.572. The molecule has 1 aliphatic rings. The van der Waals surface area contributed by atoms with Gasteiger partial charge in [-0.05, 0) is 37.2 Å². The van der Waals surface area contributed by atoms with Crippen molar-refractivity contribution >= 4 is 17.4 Å². The molecule has 1 aromatic rings. The number of nitrogens with one attached hydrogen (secondary N) is 1. The first-order valence-electron chi connectivity index (χ1n) is 5.09. The first-order chi connectivity index (χ1) is 7.25. The number of carbonyl (C=O) groups excluding carboxylic acids is 1. The highest BCUT2D eigenvalue weighted by atomic mass is 32.1. The van der Waals surface area contributed by atoms with Crippen LogP contribution in [0.4, 0.5) is 0 Å². The first kappa shape index (κ1) is 10.5. The number of nitrogens with zero attached hydrogens (tertiary/aromatic N) is 2. The van der Waals surface area contributed by atoms with Crippen LogP contribution >= 0.6 is 11.5 Å². The van der Waals surface area contributed by atoms with Crippen molar-refractivity contribution in [2.75, 3.05) is 0 Å². The van der Waals surface area contributed by atoms with Crippen LogP contribution in [0.3, 0.4) is 0 Å². The lowest BCUT2D eigenvalue weighted by Gasteiger charge is -2.26. The van der Waals surface area contributed by atoms with Crippen molar-refractivity contribution in [1.82, 2.24) is 14.9 Å². The number of hydrogen-bond donors (Lipinski definition) is 2. The lowest BCUT2D eigenvalue weighted by molar-refractivity contribution is 0.0930. The summed E-state index contributed by atoms with van der Waals surface area (Å²) in [7, 11) is 0. The highest BCUT2D eigenvalue weighted by Crippen LogP contribution is 2.17. The van der Waals surface area contributed by atoms with Gasteiger partial charge >= 0.3 is 0 Å². The highest BCUT2D eigenvalue weighted by molar-refractivity contribution is 7.07. The van der Waals surface area contributed by atoms with Crippen LogP contribution in [0, 0.1) is 0 Å². The maximum Gasteiger partial charge on any atom is 0.264 e. The Morgan fingerprint density at radius 1 is 1.47 bits per heavy atom. The maximum atomic E-state index is 11.6. The van der Waals surface area contributed by atoms with Gasteiger partial charge in [-0.25, -0.2) is 0 Å². The summed E-state index contributed by atoms with van der Waals surface area (Å²) in [6.07, 6.45) is 5.42. The second kappa shape index (κ2) is 4.67. The number of rotatable bonds is 2. The van der Waals surface area contributed by atoms with Crippen LogP contribution in [-0.2, 0) is 0 Å². The lowest BCUT2D eigenvalue weighted by Crippen LogP contribution is -2.40. The minimum Gasteiger partial charge on any atom is -0.349 e. The number of carbonyl (C=O) groups is 1. The lowest BCUT2D eigenvalue weighted by atomic mass is 9.92. The molecule has 5 nitrogen and oxygen atoms in total. The van der Waals surface area contributed by atoms with Gasteiger partial charge in [0, 0.05) is 12.1 Å². The normalized spacial score (nSPS) is 26.2. The standard InChI is InChI=1S/C9H14N4OS/c10-6-1-3-7(4-2-6)12-9(14)8-5-11-13-15-8/h5-7H,1-4,10H2,(H,12,14). The molecule has 3 N–H and O–H groups in total. The van der Waals surface area contributed by atoms with Crippen LogP contribution in [0.15, 0.2) is 6.20 Å². The van der Waals surface area contributed by atoms with Crippen LogP contribution in [0.2, 0.25) is 0 Å². The third-order valence-electron chi connectivity index (χ3n) is 2.69. The fourth-order valence-electron chi connectivity index (χ4n) is 1.79. The molecule has 1 aliphatic carbocycles. The molecular weight excluding hydrogens is 212 g/mol. The SMILES string of the molecule is NC1CCC(NC(=O)c2cnns2)CC1. The molecule has 0 spiro atoms. The van der Waals surface area contributed by atoms with Gasteiger partial charge in [0.15, 0.2) is 0 Å². The fourth-order valence-corrected chi connectivity index (χ4v) is 2.21. The predicted octanol–water partition coefficient (Wildman–Crippen LogP) is 0.538. The number of nitrogens with two attached hydrogens (primary N) is 1. The van der Waals surface area contributed by atoms with E-state index in [9.17, 15) is 4.79 Å². The Kier molecular flexibility index (Phi) is 3.27. The van der Waals surface area contributed by atoms with Gasteiger partial charge in [0.1, 0.15) is 4.88 Å². The van der Waals surface area contributed by atoms with Crippen LogP contribution in [-0.4, -0.2) is 27.6 Å². The number of hydrogen-bond acceptors (Lipinski definition) is 5. The maximum absolute atomic E-state index is 11.6. The molecule has 0 unspecified atom stereocenters. The van der Waals surface area contributed by atoms with E-state index in [1.54, 1.807) is 0 Å². The molecule has 6 heteroatoms. The van der Waals surface area contributed by atoms with E-state index in [1.165, 1.54) is 6.20 Å². The summed E-state index contributed by atoms with van der Waals surface area (Å²) in [5.74, 6) is -0.0644. The fraction of sp³-hybridized carbons (Fsp3) is 0.667. The van der Waals surface area contributed by atoms with Gasteiger partial charge in [-0.3, -0.25) is 4.79 Å². The average Bonchev–Trinajstić information content (AvgIpc) is 2.74. The van der Waals surface area contributed by atoms with E-state index in [1.807, 2.05) is 0 Å². The van der Waals surface area contributed by atoms with Crippen LogP contribution in [0.1, 0.15) is 35.4 Å².